The van der Waals surface area contributed by atoms with Gasteiger partial charge in [0.2, 0.25) is 0 Å². The summed E-state index contributed by atoms with van der Waals surface area (Å²) < 4.78 is 20.2. The third-order valence-corrected chi connectivity index (χ3v) is 4.15. The molecule has 1 rings (SSSR count). The van der Waals surface area contributed by atoms with E-state index in [-0.39, 0.29) is 10.9 Å². The van der Waals surface area contributed by atoms with Crippen molar-refractivity contribution in [3.05, 3.63) is 33.0 Å². The highest BCUT2D eigenvalue weighted by Crippen LogP contribution is 2.30. The predicted octanol–water partition coefficient (Wildman–Crippen LogP) is 5.91. The van der Waals surface area contributed by atoms with Crippen molar-refractivity contribution in [2.24, 2.45) is 0 Å². The third-order valence-electron chi connectivity index (χ3n) is 2.56. The van der Waals surface area contributed by atoms with Gasteiger partial charge in [-0.05, 0) is 61.5 Å². The molecule has 1 aromatic rings. The van der Waals surface area contributed by atoms with E-state index in [2.05, 4.69) is 52.6 Å². The average Bonchev–Trinajstić information content (AvgIpc) is 2.29. The van der Waals surface area contributed by atoms with E-state index in [1.165, 1.54) is 6.07 Å². The Morgan fingerprint density at radius 1 is 1.42 bits per heavy atom. The fourth-order valence-corrected chi connectivity index (χ4v) is 3.05. The van der Waals surface area contributed by atoms with Crippen LogP contribution in [0.25, 0.3) is 6.08 Å². The molecule has 5 heteroatoms. The molecule has 0 saturated heterocycles. The van der Waals surface area contributed by atoms with Crippen LogP contribution in [0.4, 0.5) is 4.39 Å². The van der Waals surface area contributed by atoms with Crippen LogP contribution in [-0.4, -0.2) is 9.76 Å². The summed E-state index contributed by atoms with van der Waals surface area (Å²) >= 11 is 6.44. The molecule has 2 radical (unpaired) electrons. The van der Waals surface area contributed by atoms with E-state index in [0.29, 0.717) is 24.5 Å². The molecule has 0 aromatic heterocycles. The topological polar surface area (TPSA) is 9.23 Å². The molecule has 0 unspecified atom stereocenters. The number of benzene rings is 1. The molecule has 0 bridgehead atoms. The van der Waals surface area contributed by atoms with Gasteiger partial charge in [-0.1, -0.05) is 27.2 Å². The zero-order valence-corrected chi connectivity index (χ0v) is 15.4. The Labute approximate surface area is 133 Å². The summed E-state index contributed by atoms with van der Waals surface area (Å²) in [5.41, 5.74) is 0.521. The number of halogens is 3. The molecule has 0 N–H and O–H groups in total. The predicted molar refractivity (Wildman–Crippen MR) is 87.6 cm³/mol. The molecule has 0 amide bonds. The average molecular weight is 408 g/mol. The van der Waals surface area contributed by atoms with Gasteiger partial charge in [-0.3, -0.25) is 0 Å². The summed E-state index contributed by atoms with van der Waals surface area (Å²) in [6.45, 7) is 6.50. The highest BCUT2D eigenvalue weighted by atomic mass is 79.9. The number of rotatable bonds is 6. The highest BCUT2D eigenvalue weighted by molar-refractivity contribution is 9.28. The Morgan fingerprint density at radius 3 is 2.63 bits per heavy atom. The summed E-state index contributed by atoms with van der Waals surface area (Å²) in [7, 11) is 0.332. The van der Waals surface area contributed by atoms with E-state index in [1.807, 2.05) is 0 Å². The fourth-order valence-electron chi connectivity index (χ4n) is 1.68. The van der Waals surface area contributed by atoms with Gasteiger partial charge in [-0.25, -0.2) is 4.39 Å². The molecule has 0 aliphatic rings. The van der Waals surface area contributed by atoms with Gasteiger partial charge in [0.25, 0.3) is 0 Å². The molecule has 0 heterocycles. The van der Waals surface area contributed by atoms with Crippen LogP contribution in [0, 0.1) is 5.82 Å². The molecule has 19 heavy (non-hydrogen) atoms. The van der Waals surface area contributed by atoms with E-state index in [1.54, 1.807) is 18.2 Å². The first-order valence-electron chi connectivity index (χ1n) is 6.10. The Kier molecular flexibility index (Phi) is 6.77. The van der Waals surface area contributed by atoms with Gasteiger partial charge >= 0.3 is 9.76 Å². The van der Waals surface area contributed by atoms with Crippen LogP contribution in [0.1, 0.15) is 39.2 Å². The van der Waals surface area contributed by atoms with Gasteiger partial charge in [0.1, 0.15) is 11.6 Å². The van der Waals surface area contributed by atoms with Crippen molar-refractivity contribution in [1.82, 2.24) is 0 Å². The Balaban J connectivity index is 2.72. The fraction of sp³-hybridized carbons (Fsp3) is 0.429. The van der Waals surface area contributed by atoms with Crippen LogP contribution in [0.3, 0.4) is 0 Å². The van der Waals surface area contributed by atoms with Crippen LogP contribution in [0.2, 0.25) is 5.04 Å². The van der Waals surface area contributed by atoms with E-state index in [9.17, 15) is 4.39 Å². The second-order valence-corrected chi connectivity index (χ2v) is 9.49. The molecule has 0 aliphatic carbocycles. The summed E-state index contributed by atoms with van der Waals surface area (Å²) in [6.07, 6.45) is 3.90. The van der Waals surface area contributed by atoms with Crippen molar-refractivity contribution >= 4 is 47.7 Å². The highest BCUT2D eigenvalue weighted by Gasteiger charge is 2.21. The minimum atomic E-state index is -0.285. The Hall–Kier alpha value is -0.133. The van der Waals surface area contributed by atoms with Gasteiger partial charge in [-0.15, -0.1) is 0 Å². The lowest BCUT2D eigenvalue weighted by Crippen LogP contribution is -2.18. The van der Waals surface area contributed by atoms with E-state index >= 15 is 0 Å². The SMILES string of the molecule is CCCC(C)(C)[Si]Oc1ccc(C=C(Br)Br)c(F)c1. The molecule has 1 aromatic carbocycles. The van der Waals surface area contributed by atoms with Crippen molar-refractivity contribution in [2.75, 3.05) is 0 Å². The molecule has 0 fully saturated rings. The lowest BCUT2D eigenvalue weighted by molar-refractivity contribution is 0.496. The Morgan fingerprint density at radius 2 is 2.11 bits per heavy atom. The third kappa shape index (κ3) is 6.23. The quantitative estimate of drug-likeness (QED) is 0.532. The van der Waals surface area contributed by atoms with Crippen LogP contribution in [-0.2, 0) is 0 Å². The summed E-state index contributed by atoms with van der Waals surface area (Å²) in [4.78, 5) is 0. The van der Waals surface area contributed by atoms with Crippen LogP contribution in [0.5, 0.6) is 5.75 Å². The molecule has 1 nitrogen and oxygen atoms in total. The summed E-state index contributed by atoms with van der Waals surface area (Å²) in [6, 6.07) is 4.95. The zero-order chi connectivity index (χ0) is 14.5. The van der Waals surface area contributed by atoms with Crippen molar-refractivity contribution < 1.29 is 8.82 Å². The maximum atomic E-state index is 13.8. The summed E-state index contributed by atoms with van der Waals surface area (Å²) in [5, 5.41) is 0.142. The van der Waals surface area contributed by atoms with Gasteiger partial charge in [-0.2, -0.15) is 0 Å². The number of hydrogen-bond acceptors (Lipinski definition) is 1. The van der Waals surface area contributed by atoms with Crippen molar-refractivity contribution in [2.45, 2.75) is 38.7 Å². The van der Waals surface area contributed by atoms with Crippen LogP contribution < -0.4 is 4.43 Å². The lowest BCUT2D eigenvalue weighted by Gasteiger charge is -2.21. The minimum Gasteiger partial charge on any atom is -0.540 e. The van der Waals surface area contributed by atoms with E-state index in [4.69, 9.17) is 4.43 Å². The van der Waals surface area contributed by atoms with Gasteiger partial charge in [0.15, 0.2) is 0 Å². The van der Waals surface area contributed by atoms with Crippen LogP contribution in [0.15, 0.2) is 21.6 Å². The molecule has 0 spiro atoms. The Bertz CT molecular complexity index is 457. The van der Waals surface area contributed by atoms with Crippen LogP contribution >= 0.6 is 31.9 Å². The van der Waals surface area contributed by atoms with Crippen molar-refractivity contribution in [3.63, 3.8) is 0 Å². The monoisotopic (exact) mass is 406 g/mol. The normalized spacial score (nSPS) is 11.3. The van der Waals surface area contributed by atoms with Gasteiger partial charge in [0.05, 0.1) is 3.39 Å². The lowest BCUT2D eigenvalue weighted by atomic mass is 10.1. The first kappa shape index (κ1) is 16.9. The zero-order valence-electron chi connectivity index (χ0n) is 11.3. The van der Waals surface area contributed by atoms with Gasteiger partial charge in [0, 0.05) is 11.6 Å². The molecular weight excluding hydrogens is 391 g/mol. The molecule has 0 saturated carbocycles. The second kappa shape index (κ2) is 7.60. The van der Waals surface area contributed by atoms with Crippen molar-refractivity contribution in [1.29, 1.82) is 0 Å². The van der Waals surface area contributed by atoms with E-state index < -0.39 is 0 Å². The first-order chi connectivity index (χ1) is 8.84. The standard InChI is InChI=1S/C14H17Br2FOSi/c1-4-7-14(2,3)19-18-11-6-5-10(8-13(15)16)12(17)9-11/h5-6,8-9H,4,7H2,1-3H3. The smallest absolute Gasteiger partial charge is 0.317 e. The maximum absolute atomic E-state index is 13.8. The maximum Gasteiger partial charge on any atom is 0.317 e. The summed E-state index contributed by atoms with van der Waals surface area (Å²) in [5.74, 6) is 0.301. The number of hydrogen-bond donors (Lipinski definition) is 0. The molecule has 0 atom stereocenters. The molecule has 0 aliphatic heterocycles. The molecule has 104 valence electrons. The van der Waals surface area contributed by atoms with E-state index in [0.717, 1.165) is 12.8 Å². The minimum absolute atomic E-state index is 0.142. The first-order valence-corrected chi connectivity index (χ1v) is 8.60. The van der Waals surface area contributed by atoms with Crippen molar-refractivity contribution in [3.8, 4) is 5.75 Å². The second-order valence-electron chi connectivity index (χ2n) is 4.96. The molecular formula is C14H17Br2FOSi. The largest absolute Gasteiger partial charge is 0.540 e. The van der Waals surface area contributed by atoms with Gasteiger partial charge < -0.3 is 4.43 Å².